The Bertz CT molecular complexity index is 845. The van der Waals surface area contributed by atoms with Gasteiger partial charge in [0.2, 0.25) is 10.0 Å². The van der Waals surface area contributed by atoms with Gasteiger partial charge in [0, 0.05) is 13.0 Å². The molecule has 196 valence electrons. The van der Waals surface area contributed by atoms with Gasteiger partial charge < -0.3 is 4.74 Å². The third kappa shape index (κ3) is 9.32. The van der Waals surface area contributed by atoms with E-state index in [1.807, 2.05) is 12.1 Å². The van der Waals surface area contributed by atoms with Gasteiger partial charge in [-0.05, 0) is 42.7 Å². The van der Waals surface area contributed by atoms with E-state index >= 15 is 0 Å². The molecule has 4 nitrogen and oxygen atoms in total. The molecule has 0 saturated heterocycles. The predicted molar refractivity (Wildman–Crippen MR) is 123 cm³/mol. The predicted octanol–water partition coefficient (Wildman–Crippen LogP) is 6.82. The Morgan fingerprint density at radius 1 is 0.941 bits per heavy atom. The number of fused-ring (bicyclic) bond motifs is 1. The number of alkyl halides is 5. The summed E-state index contributed by atoms with van der Waals surface area (Å²) in [6.07, 6.45) is 0.0630. The van der Waals surface area contributed by atoms with Gasteiger partial charge in [-0.25, -0.2) is 13.1 Å². The summed E-state index contributed by atoms with van der Waals surface area (Å²) in [5, 5.41) is 0. The fourth-order valence-corrected chi connectivity index (χ4v) is 5.43. The molecule has 2 atom stereocenters. The van der Waals surface area contributed by atoms with Crippen molar-refractivity contribution in [2.24, 2.45) is 5.92 Å². The van der Waals surface area contributed by atoms with Crippen LogP contribution in [0.2, 0.25) is 0 Å². The molecule has 0 spiro atoms. The van der Waals surface area contributed by atoms with E-state index in [1.165, 1.54) is 5.56 Å². The number of hydrogen-bond donors (Lipinski definition) is 1. The Balaban J connectivity index is 1.50. The molecule has 2 unspecified atom stereocenters. The minimum Gasteiger partial charge on any atom is -0.493 e. The number of benzene rings is 1. The Labute approximate surface area is 199 Å². The van der Waals surface area contributed by atoms with Gasteiger partial charge in [0.25, 0.3) is 0 Å². The maximum atomic E-state index is 12.8. The van der Waals surface area contributed by atoms with Crippen LogP contribution >= 0.6 is 0 Å². The quantitative estimate of drug-likeness (QED) is 0.207. The molecule has 1 aliphatic heterocycles. The van der Waals surface area contributed by atoms with Crippen molar-refractivity contribution >= 4 is 10.0 Å². The van der Waals surface area contributed by atoms with Crippen LogP contribution in [-0.4, -0.2) is 39.4 Å². The average Bonchev–Trinajstić information content (AvgIpc) is 2.75. The summed E-state index contributed by atoms with van der Waals surface area (Å²) in [7, 11) is -3.85. The number of sulfonamides is 1. The molecule has 0 fully saturated rings. The van der Waals surface area contributed by atoms with Crippen molar-refractivity contribution in [3.8, 4) is 5.75 Å². The van der Waals surface area contributed by atoms with Crippen LogP contribution < -0.4 is 9.46 Å². The van der Waals surface area contributed by atoms with E-state index in [2.05, 4.69) is 23.8 Å². The number of rotatable bonds is 15. The Morgan fingerprint density at radius 3 is 2.24 bits per heavy atom. The number of nitrogens with one attached hydrogen (secondary N) is 1. The zero-order chi connectivity index (χ0) is 25.2. The van der Waals surface area contributed by atoms with Crippen LogP contribution in [0.1, 0.15) is 82.6 Å². The molecule has 0 amide bonds. The number of para-hydroxylation sites is 1. The van der Waals surface area contributed by atoms with Crippen molar-refractivity contribution in [3.05, 3.63) is 29.8 Å². The van der Waals surface area contributed by atoms with Crippen LogP contribution in [0, 0.1) is 5.92 Å². The third-order valence-corrected chi connectivity index (χ3v) is 7.81. The molecule has 1 heterocycles. The van der Waals surface area contributed by atoms with E-state index in [-0.39, 0.29) is 6.54 Å². The van der Waals surface area contributed by atoms with Crippen LogP contribution in [0.25, 0.3) is 0 Å². The number of unbranched alkanes of at least 4 members (excludes halogenated alkanes) is 6. The van der Waals surface area contributed by atoms with Crippen molar-refractivity contribution in [2.75, 3.05) is 18.9 Å². The first kappa shape index (κ1) is 28.8. The number of halogens is 5. The summed E-state index contributed by atoms with van der Waals surface area (Å²) in [6, 6.07) is 8.24. The van der Waals surface area contributed by atoms with Crippen LogP contribution in [0.15, 0.2) is 24.3 Å². The molecule has 1 aliphatic rings. The molecular formula is C24H36F5NO3S. The number of hydrogen-bond acceptors (Lipinski definition) is 3. The molecule has 34 heavy (non-hydrogen) atoms. The molecule has 0 aromatic heterocycles. The largest absolute Gasteiger partial charge is 0.493 e. The van der Waals surface area contributed by atoms with Crippen LogP contribution in [0.4, 0.5) is 22.0 Å². The van der Waals surface area contributed by atoms with Crippen molar-refractivity contribution in [1.82, 2.24) is 4.72 Å². The van der Waals surface area contributed by atoms with Crippen LogP contribution in [0.3, 0.4) is 0 Å². The SMILES string of the molecule is CC1COc2ccccc2C1CCCCCCCCCNS(=O)(=O)CCCC(F)(F)C(F)(F)F. The molecule has 2 rings (SSSR count). The van der Waals surface area contributed by atoms with Crippen molar-refractivity contribution in [3.63, 3.8) is 0 Å². The van der Waals surface area contributed by atoms with E-state index in [0.717, 1.165) is 57.3 Å². The normalized spacial score (nSPS) is 19.0. The van der Waals surface area contributed by atoms with E-state index in [0.29, 0.717) is 18.3 Å². The van der Waals surface area contributed by atoms with Crippen LogP contribution in [0.5, 0.6) is 5.75 Å². The lowest BCUT2D eigenvalue weighted by Crippen LogP contribution is -2.37. The highest BCUT2D eigenvalue weighted by atomic mass is 32.2. The molecule has 1 aromatic carbocycles. The molecule has 0 radical (unpaired) electrons. The number of ether oxygens (including phenoxy) is 1. The van der Waals surface area contributed by atoms with Crippen LogP contribution in [-0.2, 0) is 10.0 Å². The molecular weight excluding hydrogens is 477 g/mol. The monoisotopic (exact) mass is 513 g/mol. The Kier molecular flexibility index (Phi) is 11.1. The minimum absolute atomic E-state index is 0.166. The van der Waals surface area contributed by atoms with Gasteiger partial charge in [0.05, 0.1) is 12.4 Å². The lowest BCUT2D eigenvalue weighted by Gasteiger charge is -2.31. The summed E-state index contributed by atoms with van der Waals surface area (Å²) in [6.45, 7) is 3.15. The highest BCUT2D eigenvalue weighted by Crippen LogP contribution is 2.40. The topological polar surface area (TPSA) is 55.4 Å². The van der Waals surface area contributed by atoms with Gasteiger partial charge in [-0.3, -0.25) is 0 Å². The second-order valence-corrected chi connectivity index (χ2v) is 11.1. The lowest BCUT2D eigenvalue weighted by atomic mass is 9.81. The fraction of sp³-hybridized carbons (Fsp3) is 0.750. The summed E-state index contributed by atoms with van der Waals surface area (Å²) in [5.74, 6) is -3.58. The second-order valence-electron chi connectivity index (χ2n) is 9.22. The first-order valence-electron chi connectivity index (χ1n) is 12.1. The van der Waals surface area contributed by atoms with Crippen molar-refractivity contribution < 1.29 is 35.1 Å². The first-order chi connectivity index (χ1) is 15.9. The van der Waals surface area contributed by atoms with Gasteiger partial charge in [-0.2, -0.15) is 22.0 Å². The van der Waals surface area contributed by atoms with Gasteiger partial charge in [0.1, 0.15) is 5.75 Å². The standard InChI is InChI=1S/C24H36F5NO3S/c1-19-18-33-22-14-9-8-13-21(22)20(19)12-7-5-3-2-4-6-10-16-30-34(31,32)17-11-15-23(25,26)24(27,28)29/h8-9,13-14,19-20,30H,2-7,10-12,15-18H2,1H3. The molecule has 0 aliphatic carbocycles. The zero-order valence-corrected chi connectivity index (χ0v) is 20.5. The summed E-state index contributed by atoms with van der Waals surface area (Å²) >= 11 is 0. The summed E-state index contributed by atoms with van der Waals surface area (Å²) in [4.78, 5) is 0. The molecule has 0 saturated carbocycles. The second kappa shape index (κ2) is 13.0. The smallest absolute Gasteiger partial charge is 0.453 e. The fourth-order valence-electron chi connectivity index (χ4n) is 4.30. The van der Waals surface area contributed by atoms with Crippen molar-refractivity contribution in [1.29, 1.82) is 0 Å². The summed E-state index contributed by atoms with van der Waals surface area (Å²) < 4.78 is 93.6. The first-order valence-corrected chi connectivity index (χ1v) is 13.7. The van der Waals surface area contributed by atoms with Crippen molar-refractivity contribution in [2.45, 2.75) is 89.1 Å². The molecule has 1 N–H and O–H groups in total. The maximum absolute atomic E-state index is 12.8. The molecule has 1 aromatic rings. The zero-order valence-electron chi connectivity index (χ0n) is 19.7. The highest BCUT2D eigenvalue weighted by molar-refractivity contribution is 7.89. The Hall–Kier alpha value is -1.42. The van der Waals surface area contributed by atoms with E-state index in [1.54, 1.807) is 0 Å². The van der Waals surface area contributed by atoms with E-state index < -0.39 is 40.7 Å². The lowest BCUT2D eigenvalue weighted by molar-refractivity contribution is -0.284. The van der Waals surface area contributed by atoms with Gasteiger partial charge in [0.15, 0.2) is 0 Å². The summed E-state index contributed by atoms with van der Waals surface area (Å²) in [5.41, 5.74) is 1.30. The van der Waals surface area contributed by atoms with E-state index in [4.69, 9.17) is 4.74 Å². The highest BCUT2D eigenvalue weighted by Gasteiger charge is 2.56. The Morgan fingerprint density at radius 2 is 1.56 bits per heavy atom. The average molecular weight is 514 g/mol. The van der Waals surface area contributed by atoms with Gasteiger partial charge >= 0.3 is 12.1 Å². The molecule has 10 heteroatoms. The van der Waals surface area contributed by atoms with Gasteiger partial charge in [-0.1, -0.05) is 63.6 Å². The maximum Gasteiger partial charge on any atom is 0.453 e. The minimum atomic E-state index is -5.65. The van der Waals surface area contributed by atoms with E-state index in [9.17, 15) is 30.4 Å². The molecule has 0 bridgehead atoms. The van der Waals surface area contributed by atoms with Gasteiger partial charge in [-0.15, -0.1) is 0 Å². The third-order valence-electron chi connectivity index (χ3n) is 6.34.